The zero-order chi connectivity index (χ0) is 16.7. The Morgan fingerprint density at radius 1 is 0.957 bits per heavy atom. The minimum Gasteiger partial charge on any atom is -0.497 e. The molecule has 0 aliphatic rings. The van der Waals surface area contributed by atoms with Crippen LogP contribution in [0.25, 0.3) is 0 Å². The summed E-state index contributed by atoms with van der Waals surface area (Å²) in [7, 11) is 1.51. The number of ether oxygens (including phenoxy) is 1. The highest BCUT2D eigenvalue weighted by Gasteiger charge is 2.28. The first-order valence-corrected chi connectivity index (χ1v) is 8.82. The predicted octanol–water partition coefficient (Wildman–Crippen LogP) is 5.73. The van der Waals surface area contributed by atoms with Gasteiger partial charge in [0.25, 0.3) is 0 Å². The zero-order valence-electron chi connectivity index (χ0n) is 14.0. The van der Waals surface area contributed by atoms with Crippen molar-refractivity contribution in [2.45, 2.75) is 23.6 Å². The maximum atomic E-state index is 5.41. The summed E-state index contributed by atoms with van der Waals surface area (Å²) in [6.07, 6.45) is 4.10. The van der Waals surface area contributed by atoms with Crippen LogP contribution in [0.15, 0.2) is 105 Å². The van der Waals surface area contributed by atoms with E-state index in [-0.39, 0.29) is 10.9 Å². The lowest BCUT2D eigenvalue weighted by Crippen LogP contribution is -2.05. The lowest BCUT2D eigenvalue weighted by molar-refractivity contribution is 0.300. The fourth-order valence-electron chi connectivity index (χ4n) is 2.43. The van der Waals surface area contributed by atoms with Gasteiger partial charge in [-0.15, -0.1) is 0 Å². The van der Waals surface area contributed by atoms with Gasteiger partial charge in [0.05, 0.1) is 18.0 Å². The van der Waals surface area contributed by atoms with E-state index in [0.717, 1.165) is 16.2 Å². The van der Waals surface area contributed by atoms with E-state index in [1.165, 1.54) is 9.79 Å². The summed E-state index contributed by atoms with van der Waals surface area (Å²) >= 11 is 0. The molecule has 1 nitrogen and oxygen atoms in total. The maximum absolute atomic E-state index is 5.41. The highest BCUT2D eigenvalue weighted by molar-refractivity contribution is 8.00. The van der Waals surface area contributed by atoms with E-state index in [1.54, 1.807) is 7.11 Å². The summed E-state index contributed by atoms with van der Waals surface area (Å²) < 4.78 is 5.41. The van der Waals surface area contributed by atoms with Crippen LogP contribution in [0, 0.1) is 0 Å². The second kappa shape index (κ2) is 8.44. The van der Waals surface area contributed by atoms with Crippen LogP contribution in [0.5, 0.6) is 0 Å². The average molecular weight is 323 g/mol. The Labute approximate surface area is 142 Å². The van der Waals surface area contributed by atoms with Crippen molar-refractivity contribution in [1.29, 1.82) is 0 Å². The van der Waals surface area contributed by atoms with Crippen LogP contribution in [-0.4, -0.2) is 7.11 Å². The molecule has 0 amide bonds. The van der Waals surface area contributed by atoms with E-state index in [4.69, 9.17) is 4.74 Å². The van der Waals surface area contributed by atoms with Gasteiger partial charge >= 0.3 is 0 Å². The standard InChI is InChI=1S/C21H23OS/c1-5-21(22-4)17(2)16-18(3)23(19-12-8-6-9-13-19)20-14-10-7-11-15-20/h5-16H,3H2,1-2,4H3/q+1/b17-16-,21-5-. The number of allylic oxidation sites excluding steroid dienone is 3. The van der Waals surface area contributed by atoms with Crippen molar-refractivity contribution in [2.24, 2.45) is 0 Å². The first-order chi connectivity index (χ1) is 11.2. The van der Waals surface area contributed by atoms with Crippen molar-refractivity contribution < 1.29 is 4.74 Å². The minimum absolute atomic E-state index is 0.191. The molecule has 0 bridgehead atoms. The summed E-state index contributed by atoms with van der Waals surface area (Å²) in [5.41, 5.74) is 1.09. The molecule has 0 N–H and O–H groups in total. The summed E-state index contributed by atoms with van der Waals surface area (Å²) in [6, 6.07) is 21.1. The molecule has 2 rings (SSSR count). The van der Waals surface area contributed by atoms with Crippen LogP contribution >= 0.6 is 0 Å². The zero-order valence-corrected chi connectivity index (χ0v) is 14.8. The van der Waals surface area contributed by atoms with E-state index in [0.29, 0.717) is 0 Å². The molecule has 118 valence electrons. The largest absolute Gasteiger partial charge is 0.497 e. The molecule has 0 spiro atoms. The Kier molecular flexibility index (Phi) is 6.30. The van der Waals surface area contributed by atoms with Crippen LogP contribution in [-0.2, 0) is 15.6 Å². The topological polar surface area (TPSA) is 9.23 Å². The van der Waals surface area contributed by atoms with Crippen LogP contribution in [0.3, 0.4) is 0 Å². The molecule has 0 aromatic heterocycles. The van der Waals surface area contributed by atoms with E-state index in [9.17, 15) is 0 Å². The maximum Gasteiger partial charge on any atom is 0.166 e. The molecule has 0 fully saturated rings. The van der Waals surface area contributed by atoms with Crippen molar-refractivity contribution >= 4 is 10.9 Å². The van der Waals surface area contributed by atoms with Gasteiger partial charge in [-0.25, -0.2) is 0 Å². The number of methoxy groups -OCH3 is 1. The lowest BCUT2D eigenvalue weighted by Gasteiger charge is -2.10. The summed E-state index contributed by atoms with van der Waals surface area (Å²) in [5, 5.41) is 0. The SMILES string of the molecule is C=C(/C=C(C)\C(=C\C)OC)[S+](c1ccccc1)c1ccccc1. The van der Waals surface area contributed by atoms with Gasteiger partial charge in [-0.1, -0.05) is 36.4 Å². The quantitative estimate of drug-likeness (QED) is 0.374. The Balaban J connectivity index is 2.43. The first-order valence-electron chi connectivity index (χ1n) is 7.59. The van der Waals surface area contributed by atoms with Crippen molar-refractivity contribution in [1.82, 2.24) is 0 Å². The monoisotopic (exact) mass is 323 g/mol. The van der Waals surface area contributed by atoms with Crippen LogP contribution in [0.4, 0.5) is 0 Å². The van der Waals surface area contributed by atoms with Gasteiger partial charge in [0.2, 0.25) is 0 Å². The normalized spacial score (nSPS) is 12.3. The fraction of sp³-hybridized carbons (Fsp3) is 0.143. The molecule has 0 saturated heterocycles. The molecule has 0 radical (unpaired) electrons. The molecular weight excluding hydrogens is 300 g/mol. The fourth-order valence-corrected chi connectivity index (χ4v) is 4.46. The van der Waals surface area contributed by atoms with E-state index >= 15 is 0 Å². The van der Waals surface area contributed by atoms with Crippen molar-refractivity contribution in [2.75, 3.05) is 7.11 Å². The van der Waals surface area contributed by atoms with Gasteiger partial charge in [0.15, 0.2) is 14.7 Å². The van der Waals surface area contributed by atoms with Gasteiger partial charge in [0.1, 0.15) is 5.76 Å². The number of hydrogen-bond donors (Lipinski definition) is 0. The number of benzene rings is 2. The van der Waals surface area contributed by atoms with E-state index < -0.39 is 0 Å². The highest BCUT2D eigenvalue weighted by atomic mass is 32.2. The first kappa shape index (κ1) is 17.2. The second-order valence-corrected chi connectivity index (χ2v) is 7.16. The smallest absolute Gasteiger partial charge is 0.166 e. The van der Waals surface area contributed by atoms with E-state index in [2.05, 4.69) is 68.1 Å². The number of rotatable bonds is 6. The molecule has 0 aliphatic heterocycles. The molecule has 0 unspecified atom stereocenters. The lowest BCUT2D eigenvalue weighted by atomic mass is 10.2. The third-order valence-corrected chi connectivity index (χ3v) is 5.60. The molecule has 2 aromatic carbocycles. The average Bonchev–Trinajstić information content (AvgIpc) is 2.58. The molecule has 0 heterocycles. The Morgan fingerprint density at radius 2 is 1.43 bits per heavy atom. The Hall–Kier alpha value is -2.19. The summed E-state index contributed by atoms with van der Waals surface area (Å²) in [5.74, 6) is 0.885. The summed E-state index contributed by atoms with van der Waals surface area (Å²) in [6.45, 7) is 8.39. The molecule has 0 saturated carbocycles. The van der Waals surface area contributed by atoms with Gasteiger partial charge in [-0.3, -0.25) is 0 Å². The highest BCUT2D eigenvalue weighted by Crippen LogP contribution is 2.31. The predicted molar refractivity (Wildman–Crippen MR) is 100 cm³/mol. The van der Waals surface area contributed by atoms with Crippen LogP contribution in [0.1, 0.15) is 13.8 Å². The molecule has 0 aliphatic carbocycles. The molecule has 23 heavy (non-hydrogen) atoms. The van der Waals surface area contributed by atoms with Crippen molar-refractivity contribution in [3.63, 3.8) is 0 Å². The van der Waals surface area contributed by atoms with Crippen molar-refractivity contribution in [3.05, 3.63) is 95.6 Å². The van der Waals surface area contributed by atoms with E-state index in [1.807, 2.05) is 25.1 Å². The van der Waals surface area contributed by atoms with Gasteiger partial charge in [0, 0.05) is 6.08 Å². The van der Waals surface area contributed by atoms with Gasteiger partial charge in [-0.2, -0.15) is 0 Å². The Bertz CT molecular complexity index is 660. The van der Waals surface area contributed by atoms with Crippen molar-refractivity contribution in [3.8, 4) is 0 Å². The Morgan fingerprint density at radius 3 is 1.83 bits per heavy atom. The van der Waals surface area contributed by atoms with Crippen LogP contribution in [0.2, 0.25) is 0 Å². The van der Waals surface area contributed by atoms with Crippen LogP contribution < -0.4 is 0 Å². The van der Waals surface area contributed by atoms with Gasteiger partial charge in [-0.05, 0) is 56.3 Å². The van der Waals surface area contributed by atoms with Gasteiger partial charge < -0.3 is 4.74 Å². The molecule has 2 aromatic rings. The second-order valence-electron chi connectivity index (χ2n) is 5.08. The molecule has 2 heteroatoms. The molecule has 0 atom stereocenters. The molecular formula is C21H23OS+. The number of hydrogen-bond acceptors (Lipinski definition) is 1. The third kappa shape index (κ3) is 4.40. The third-order valence-electron chi connectivity index (χ3n) is 3.47. The minimum atomic E-state index is -0.191. The summed E-state index contributed by atoms with van der Waals surface area (Å²) in [4.78, 5) is 3.62.